The van der Waals surface area contributed by atoms with Gasteiger partial charge in [0.05, 0.1) is 28.8 Å². The molecule has 54 heavy (non-hydrogen) atoms. The van der Waals surface area contributed by atoms with Gasteiger partial charge in [-0.25, -0.2) is 9.59 Å². The average Bonchev–Trinajstić information content (AvgIpc) is 3.33. The standard InChI is InChI=1S/C38H48ClF3N6O6/c1-2-53-35(50)26-7-5-14-47(23-26)27-10-15-45(16-11-27)34(49)32(22-24-20-29(38(40,41)42)33(43)30(39)21-24)54-37(52)46-17-12-28(13-18-46)48-19-9-25-6-3-4-8-31(25)44-36(48)51/h3-4,6,8,20-21,26-28,32H,2,5,7,9-19,22-23,43H2,1H3,(H,44,51)/t26-,32-/m1/s1. The number of benzene rings is 2. The molecule has 294 valence electrons. The minimum absolute atomic E-state index is 0.0489. The van der Waals surface area contributed by atoms with E-state index in [1.807, 2.05) is 24.3 Å². The number of nitrogens with zero attached hydrogens (tertiary/aromatic N) is 4. The first kappa shape index (κ1) is 39.5. The number of nitrogens with one attached hydrogen (secondary N) is 1. The van der Waals surface area contributed by atoms with Crippen LogP contribution in [0.25, 0.3) is 0 Å². The first-order valence-electron chi connectivity index (χ1n) is 18.8. The SMILES string of the molecule is CCOC(=O)[C@@H]1CCCN(C2CCN(C(=O)[C@@H](Cc3cc(Cl)c(N)c(C(F)(F)F)c3)OC(=O)N3CCC(N4CCc5ccccc5NC4=O)CC3)CC2)C1. The number of carbonyl (C=O) groups is 4. The van der Waals surface area contributed by atoms with E-state index in [-0.39, 0.29) is 60.1 Å². The van der Waals surface area contributed by atoms with Crippen LogP contribution in [0.2, 0.25) is 5.02 Å². The van der Waals surface area contributed by atoms with Gasteiger partial charge in [0.15, 0.2) is 6.10 Å². The summed E-state index contributed by atoms with van der Waals surface area (Å²) >= 11 is 6.12. The van der Waals surface area contributed by atoms with E-state index in [1.54, 1.807) is 16.7 Å². The number of likely N-dealkylation sites (tertiary alicyclic amines) is 3. The number of para-hydroxylation sites is 1. The highest BCUT2D eigenvalue weighted by atomic mass is 35.5. The monoisotopic (exact) mass is 776 g/mol. The molecule has 4 aliphatic heterocycles. The Morgan fingerprint density at radius 1 is 0.963 bits per heavy atom. The number of amides is 4. The van der Waals surface area contributed by atoms with Gasteiger partial charge in [-0.15, -0.1) is 0 Å². The van der Waals surface area contributed by atoms with E-state index in [1.165, 1.54) is 11.0 Å². The Labute approximate surface area is 318 Å². The fraction of sp³-hybridized carbons (Fsp3) is 0.579. The number of fused-ring (bicyclic) bond motifs is 1. The summed E-state index contributed by atoms with van der Waals surface area (Å²) in [6, 6.07) is 9.58. The van der Waals surface area contributed by atoms with E-state index in [2.05, 4.69) is 10.2 Å². The van der Waals surface area contributed by atoms with Crippen molar-refractivity contribution >= 4 is 47.0 Å². The number of hydrogen-bond donors (Lipinski definition) is 2. The van der Waals surface area contributed by atoms with Gasteiger partial charge in [0, 0.05) is 63.5 Å². The van der Waals surface area contributed by atoms with Gasteiger partial charge in [-0.05, 0) is 87.7 Å². The molecular formula is C38H48ClF3N6O6. The second kappa shape index (κ2) is 17.1. The predicted octanol–water partition coefficient (Wildman–Crippen LogP) is 5.81. The molecule has 16 heteroatoms. The molecule has 2 atom stereocenters. The number of nitrogen functional groups attached to an aromatic ring is 1. The molecule has 0 unspecified atom stereocenters. The van der Waals surface area contributed by atoms with Crippen LogP contribution in [-0.2, 0) is 38.1 Å². The molecule has 3 saturated heterocycles. The Morgan fingerprint density at radius 3 is 2.35 bits per heavy atom. The molecule has 6 rings (SSSR count). The van der Waals surface area contributed by atoms with E-state index in [9.17, 15) is 32.3 Å². The van der Waals surface area contributed by atoms with Gasteiger partial charge in [0.25, 0.3) is 5.91 Å². The highest BCUT2D eigenvalue weighted by Crippen LogP contribution is 2.38. The van der Waals surface area contributed by atoms with Gasteiger partial charge < -0.3 is 35.2 Å². The summed E-state index contributed by atoms with van der Waals surface area (Å²) in [7, 11) is 0. The number of carbonyl (C=O) groups excluding carboxylic acids is 4. The quantitative estimate of drug-likeness (QED) is 0.253. The lowest BCUT2D eigenvalue weighted by atomic mass is 9.93. The Balaban J connectivity index is 1.11. The van der Waals surface area contributed by atoms with Gasteiger partial charge in [-0.2, -0.15) is 13.2 Å². The molecule has 0 aromatic heterocycles. The van der Waals surface area contributed by atoms with Crippen LogP contribution in [0.3, 0.4) is 0 Å². The number of ether oxygens (including phenoxy) is 2. The maximum absolute atomic E-state index is 14.1. The number of anilines is 2. The van der Waals surface area contributed by atoms with E-state index in [0.717, 1.165) is 36.7 Å². The number of urea groups is 1. The smallest absolute Gasteiger partial charge is 0.418 e. The summed E-state index contributed by atoms with van der Waals surface area (Å²) in [5, 5.41) is 2.66. The van der Waals surface area contributed by atoms with E-state index in [4.69, 9.17) is 26.8 Å². The molecule has 2 aromatic carbocycles. The van der Waals surface area contributed by atoms with Crippen molar-refractivity contribution < 1.29 is 41.8 Å². The molecule has 4 aliphatic rings. The zero-order chi connectivity index (χ0) is 38.6. The van der Waals surface area contributed by atoms with Crippen LogP contribution >= 0.6 is 11.6 Å². The molecule has 0 bridgehead atoms. The molecule has 3 fully saturated rings. The van der Waals surface area contributed by atoms with Crippen molar-refractivity contribution in [2.45, 2.75) is 82.7 Å². The van der Waals surface area contributed by atoms with Crippen molar-refractivity contribution in [2.75, 3.05) is 63.5 Å². The second-order valence-corrected chi connectivity index (χ2v) is 14.9. The van der Waals surface area contributed by atoms with Crippen LogP contribution in [0.1, 0.15) is 62.1 Å². The molecule has 3 N–H and O–H groups in total. The fourth-order valence-electron chi connectivity index (χ4n) is 8.16. The number of esters is 1. The number of piperidine rings is 3. The Kier molecular flexibility index (Phi) is 12.5. The fourth-order valence-corrected chi connectivity index (χ4v) is 8.40. The predicted molar refractivity (Wildman–Crippen MR) is 196 cm³/mol. The Hall–Kier alpha value is -4.24. The van der Waals surface area contributed by atoms with Gasteiger partial charge in [0.1, 0.15) is 0 Å². The lowest BCUT2D eigenvalue weighted by Crippen LogP contribution is -2.53. The van der Waals surface area contributed by atoms with Crippen molar-refractivity contribution in [2.24, 2.45) is 5.92 Å². The average molecular weight is 777 g/mol. The van der Waals surface area contributed by atoms with Crippen LogP contribution in [0.4, 0.5) is 34.1 Å². The van der Waals surface area contributed by atoms with Crippen molar-refractivity contribution in [1.82, 2.24) is 19.6 Å². The number of hydrogen-bond acceptors (Lipinski definition) is 8. The molecule has 0 aliphatic carbocycles. The summed E-state index contributed by atoms with van der Waals surface area (Å²) in [5.41, 5.74) is 5.79. The highest BCUT2D eigenvalue weighted by molar-refractivity contribution is 6.33. The summed E-state index contributed by atoms with van der Waals surface area (Å²) in [6.45, 7) is 5.29. The molecule has 2 aromatic rings. The van der Waals surface area contributed by atoms with E-state index >= 15 is 0 Å². The first-order chi connectivity index (χ1) is 25.8. The Morgan fingerprint density at radius 2 is 1.65 bits per heavy atom. The van der Waals surface area contributed by atoms with E-state index < -0.39 is 35.5 Å². The number of rotatable bonds is 8. The minimum atomic E-state index is -4.79. The van der Waals surface area contributed by atoms with Gasteiger partial charge in [-0.1, -0.05) is 29.8 Å². The third kappa shape index (κ3) is 9.16. The summed E-state index contributed by atoms with van der Waals surface area (Å²) < 4.78 is 52.7. The lowest BCUT2D eigenvalue weighted by Gasteiger charge is -2.42. The van der Waals surface area contributed by atoms with Crippen LogP contribution in [0.15, 0.2) is 36.4 Å². The number of nitrogens with two attached hydrogens (primary N) is 1. The summed E-state index contributed by atoms with van der Waals surface area (Å²) in [5.74, 6) is -0.903. The van der Waals surface area contributed by atoms with Gasteiger partial charge in [0.2, 0.25) is 0 Å². The number of alkyl halides is 3. The molecule has 0 radical (unpaired) electrons. The van der Waals surface area contributed by atoms with Crippen LogP contribution in [-0.4, -0.2) is 114 Å². The maximum atomic E-state index is 14.1. The van der Waals surface area contributed by atoms with Crippen molar-refractivity contribution in [3.8, 4) is 0 Å². The van der Waals surface area contributed by atoms with Crippen molar-refractivity contribution in [3.05, 3.63) is 58.1 Å². The molecule has 4 amide bonds. The van der Waals surface area contributed by atoms with Crippen LogP contribution in [0, 0.1) is 5.92 Å². The van der Waals surface area contributed by atoms with Crippen LogP contribution in [0.5, 0.6) is 0 Å². The highest BCUT2D eigenvalue weighted by Gasteiger charge is 2.39. The third-order valence-electron chi connectivity index (χ3n) is 11.1. The third-order valence-corrected chi connectivity index (χ3v) is 11.4. The van der Waals surface area contributed by atoms with Gasteiger partial charge in [-0.3, -0.25) is 14.5 Å². The number of halogens is 4. The van der Waals surface area contributed by atoms with E-state index in [0.29, 0.717) is 64.9 Å². The maximum Gasteiger partial charge on any atom is 0.418 e. The second-order valence-electron chi connectivity index (χ2n) is 14.5. The zero-order valence-electron chi connectivity index (χ0n) is 30.4. The minimum Gasteiger partial charge on any atom is -0.466 e. The molecule has 0 saturated carbocycles. The van der Waals surface area contributed by atoms with Crippen LogP contribution < -0.4 is 11.1 Å². The lowest BCUT2D eigenvalue weighted by molar-refractivity contribution is -0.150. The largest absolute Gasteiger partial charge is 0.466 e. The van der Waals surface area contributed by atoms with Crippen molar-refractivity contribution in [1.29, 1.82) is 0 Å². The molecule has 0 spiro atoms. The Bertz CT molecular complexity index is 1700. The summed E-state index contributed by atoms with van der Waals surface area (Å²) in [4.78, 5) is 60.4. The normalized spacial score (nSPS) is 21.2. The first-order valence-corrected chi connectivity index (χ1v) is 19.2. The van der Waals surface area contributed by atoms with Crippen molar-refractivity contribution in [3.63, 3.8) is 0 Å². The van der Waals surface area contributed by atoms with Gasteiger partial charge >= 0.3 is 24.3 Å². The zero-order valence-corrected chi connectivity index (χ0v) is 31.2. The topological polar surface area (TPSA) is 138 Å². The molecular weight excluding hydrogens is 729 g/mol. The summed E-state index contributed by atoms with van der Waals surface area (Å²) in [6.07, 6.45) is -2.78. The molecule has 4 heterocycles. The molecule has 12 nitrogen and oxygen atoms in total.